The maximum absolute atomic E-state index is 12.9. The van der Waals surface area contributed by atoms with Gasteiger partial charge in [0.05, 0.1) is 6.04 Å². The average Bonchev–Trinajstić information content (AvgIpc) is 3.43. The van der Waals surface area contributed by atoms with Gasteiger partial charge in [-0.25, -0.2) is 0 Å². The Labute approximate surface area is 236 Å². The van der Waals surface area contributed by atoms with Crippen molar-refractivity contribution < 1.29 is 4.79 Å². The Morgan fingerprint density at radius 3 is 2.33 bits per heavy atom. The molecule has 0 saturated carbocycles. The molecule has 212 valence electrons. The van der Waals surface area contributed by atoms with Crippen LogP contribution in [0.4, 0.5) is 0 Å². The summed E-state index contributed by atoms with van der Waals surface area (Å²) in [4.78, 5) is 15.7. The van der Waals surface area contributed by atoms with Gasteiger partial charge in [-0.3, -0.25) is 9.69 Å². The van der Waals surface area contributed by atoms with Crippen LogP contribution in [0, 0.1) is 19.3 Å². The second kappa shape index (κ2) is 14.7. The molecule has 1 amide bonds. The van der Waals surface area contributed by atoms with Crippen molar-refractivity contribution in [1.29, 1.82) is 0 Å². The second-order valence-electron chi connectivity index (χ2n) is 12.0. The molecule has 0 radical (unpaired) electrons. The number of hydrogen-bond acceptors (Lipinski definition) is 4. The van der Waals surface area contributed by atoms with Gasteiger partial charge in [0, 0.05) is 43.4 Å². The molecule has 2 saturated heterocycles. The molecule has 4 rings (SSSR count). The molecule has 6 heteroatoms. The van der Waals surface area contributed by atoms with Gasteiger partial charge in [-0.05, 0) is 57.4 Å². The number of rotatable bonds is 15. The van der Waals surface area contributed by atoms with Crippen molar-refractivity contribution in [3.63, 3.8) is 0 Å². The second-order valence-corrected chi connectivity index (χ2v) is 12.0. The predicted octanol–water partition coefficient (Wildman–Crippen LogP) is 6.88. The highest BCUT2D eigenvalue weighted by atomic mass is 16.1. The van der Waals surface area contributed by atoms with Crippen LogP contribution in [0.15, 0.2) is 30.3 Å². The van der Waals surface area contributed by atoms with Crippen LogP contribution in [0.2, 0.25) is 0 Å². The van der Waals surface area contributed by atoms with Gasteiger partial charge >= 0.3 is 0 Å². The van der Waals surface area contributed by atoms with E-state index >= 15 is 0 Å². The van der Waals surface area contributed by atoms with Gasteiger partial charge in [0.1, 0.15) is 11.6 Å². The maximum atomic E-state index is 12.9. The zero-order valence-electron chi connectivity index (χ0n) is 24.4. The molecule has 2 unspecified atom stereocenters. The monoisotopic (exact) mass is 531 g/mol. The highest BCUT2D eigenvalue weighted by Crippen LogP contribution is 2.42. The zero-order chi connectivity index (χ0) is 27.6. The number of carbonyl (C=O) groups excluding carboxylic acids is 1. The molecule has 2 fully saturated rings. The Morgan fingerprint density at radius 1 is 1.00 bits per heavy atom. The third kappa shape index (κ3) is 7.94. The Bertz CT molecular complexity index is 1060. The molecule has 3 atom stereocenters. The molecule has 2 aromatic rings. The number of fused-ring (bicyclic) bond motifs is 2. The molecule has 1 N–H and O–H groups in total. The van der Waals surface area contributed by atoms with Gasteiger partial charge in [0.15, 0.2) is 0 Å². The molecule has 6 nitrogen and oxygen atoms in total. The van der Waals surface area contributed by atoms with Crippen molar-refractivity contribution >= 4 is 5.91 Å². The first kappa shape index (κ1) is 29.3. The largest absolute Gasteiger partial charge is 0.349 e. The average molecular weight is 532 g/mol. The standard InChI is InChI=1S/C33H49N5O/c1-5-6-7-8-9-10-11-15-18-32(39)34-31(27-16-13-12-14-17-27)21-22-37-28-19-20-29(37)24-30(23-28)38-26(4)35-36-33(38)25(2)3/h1,12-14,16-17,25,28-31H,6-11,15,18-24H2,2-4H3,(H,34,39)/t28?,29?,30?,31-/m0/s1. The third-order valence-corrected chi connectivity index (χ3v) is 8.82. The summed E-state index contributed by atoms with van der Waals surface area (Å²) in [5, 5.41) is 12.3. The van der Waals surface area contributed by atoms with Crippen LogP contribution in [-0.4, -0.2) is 44.2 Å². The number of nitrogens with zero attached hydrogens (tertiary/aromatic N) is 4. The molecule has 1 aromatic carbocycles. The highest BCUT2D eigenvalue weighted by molar-refractivity contribution is 5.76. The first-order chi connectivity index (χ1) is 19.0. The Morgan fingerprint density at radius 2 is 1.67 bits per heavy atom. The van der Waals surface area contributed by atoms with Crippen molar-refractivity contribution in [1.82, 2.24) is 25.0 Å². The molecule has 39 heavy (non-hydrogen) atoms. The first-order valence-corrected chi connectivity index (χ1v) is 15.4. The summed E-state index contributed by atoms with van der Waals surface area (Å²) in [6, 6.07) is 12.3. The fraction of sp³-hybridized carbons (Fsp3) is 0.667. The third-order valence-electron chi connectivity index (χ3n) is 8.82. The van der Waals surface area contributed by atoms with E-state index in [-0.39, 0.29) is 11.9 Å². The van der Waals surface area contributed by atoms with Gasteiger partial charge in [-0.15, -0.1) is 22.5 Å². The molecule has 3 heterocycles. The zero-order valence-corrected chi connectivity index (χ0v) is 24.4. The quantitative estimate of drug-likeness (QED) is 0.201. The van der Waals surface area contributed by atoms with E-state index in [1.807, 2.05) is 0 Å². The van der Waals surface area contributed by atoms with Crippen LogP contribution in [-0.2, 0) is 4.79 Å². The lowest BCUT2D eigenvalue weighted by atomic mass is 9.95. The van der Waals surface area contributed by atoms with Crippen LogP contribution in [0.25, 0.3) is 0 Å². The van der Waals surface area contributed by atoms with E-state index in [0.717, 1.165) is 50.3 Å². The number of unbranched alkanes of at least 4 members (excludes halogenated alkanes) is 6. The summed E-state index contributed by atoms with van der Waals surface area (Å²) in [5.41, 5.74) is 1.21. The number of benzene rings is 1. The molecule has 1 aromatic heterocycles. The fourth-order valence-electron chi connectivity index (χ4n) is 6.82. The van der Waals surface area contributed by atoms with Crippen molar-refractivity contribution in [2.24, 2.45) is 0 Å². The van der Waals surface area contributed by atoms with Gasteiger partial charge < -0.3 is 9.88 Å². The van der Waals surface area contributed by atoms with Gasteiger partial charge in [-0.2, -0.15) is 0 Å². The van der Waals surface area contributed by atoms with Crippen molar-refractivity contribution in [3.05, 3.63) is 47.5 Å². The van der Waals surface area contributed by atoms with E-state index in [2.05, 4.69) is 82.0 Å². The molecule has 0 aliphatic carbocycles. The lowest BCUT2D eigenvalue weighted by molar-refractivity contribution is -0.122. The molecular formula is C33H49N5O. The summed E-state index contributed by atoms with van der Waals surface area (Å²) in [7, 11) is 0. The highest BCUT2D eigenvalue weighted by Gasteiger charge is 2.42. The number of nitrogens with one attached hydrogen (secondary N) is 1. The van der Waals surface area contributed by atoms with E-state index in [4.69, 9.17) is 6.42 Å². The van der Waals surface area contributed by atoms with E-state index in [1.165, 1.54) is 50.5 Å². The van der Waals surface area contributed by atoms with Crippen LogP contribution < -0.4 is 5.32 Å². The first-order valence-electron chi connectivity index (χ1n) is 15.4. The lowest BCUT2D eigenvalue weighted by Gasteiger charge is -2.40. The number of carbonyl (C=O) groups is 1. The molecular weight excluding hydrogens is 482 g/mol. The number of amides is 1. The number of aryl methyl sites for hydroxylation is 1. The maximum Gasteiger partial charge on any atom is 0.220 e. The van der Waals surface area contributed by atoms with E-state index in [1.54, 1.807) is 0 Å². The number of aromatic nitrogens is 3. The molecule has 0 spiro atoms. The summed E-state index contributed by atoms with van der Waals surface area (Å²) >= 11 is 0. The Hall–Kier alpha value is -2.65. The number of hydrogen-bond donors (Lipinski definition) is 1. The molecule has 2 bridgehead atoms. The molecule has 2 aliphatic rings. The van der Waals surface area contributed by atoms with Crippen molar-refractivity contribution in [2.75, 3.05) is 6.54 Å². The van der Waals surface area contributed by atoms with Crippen LogP contribution in [0.5, 0.6) is 0 Å². The minimum absolute atomic E-state index is 0.0622. The van der Waals surface area contributed by atoms with Crippen LogP contribution >= 0.6 is 0 Å². The van der Waals surface area contributed by atoms with E-state index < -0.39 is 0 Å². The van der Waals surface area contributed by atoms with E-state index in [0.29, 0.717) is 30.5 Å². The normalized spacial score (nSPS) is 21.7. The van der Waals surface area contributed by atoms with Gasteiger partial charge in [0.25, 0.3) is 0 Å². The van der Waals surface area contributed by atoms with E-state index in [9.17, 15) is 4.79 Å². The number of piperidine rings is 1. The Kier molecular flexibility index (Phi) is 11.0. The predicted molar refractivity (Wildman–Crippen MR) is 158 cm³/mol. The number of terminal acetylenes is 1. The van der Waals surface area contributed by atoms with Crippen LogP contribution in [0.1, 0.15) is 133 Å². The SMILES string of the molecule is C#CCCCCCCCCC(=O)N[C@@H](CCN1C2CCC1CC(n1c(C)nnc1C(C)C)C2)c1ccccc1. The minimum atomic E-state index is 0.0622. The van der Waals surface area contributed by atoms with Gasteiger partial charge in [0.2, 0.25) is 5.91 Å². The summed E-state index contributed by atoms with van der Waals surface area (Å²) < 4.78 is 2.43. The topological polar surface area (TPSA) is 63.1 Å². The smallest absolute Gasteiger partial charge is 0.220 e. The van der Waals surface area contributed by atoms with Crippen molar-refractivity contribution in [2.45, 2.75) is 134 Å². The summed E-state index contributed by atoms with van der Waals surface area (Å²) in [6.45, 7) is 7.55. The van der Waals surface area contributed by atoms with Gasteiger partial charge in [-0.1, -0.05) is 69.9 Å². The minimum Gasteiger partial charge on any atom is -0.349 e. The summed E-state index contributed by atoms with van der Waals surface area (Å²) in [5.74, 6) is 5.45. The molecule has 2 aliphatic heterocycles. The van der Waals surface area contributed by atoms with Crippen LogP contribution in [0.3, 0.4) is 0 Å². The Balaban J connectivity index is 1.29. The van der Waals surface area contributed by atoms with Crippen molar-refractivity contribution in [3.8, 4) is 12.3 Å². The lowest BCUT2D eigenvalue weighted by Crippen LogP contribution is -2.45. The summed E-state index contributed by atoms with van der Waals surface area (Å²) in [6.07, 6.45) is 19.4. The fourth-order valence-corrected chi connectivity index (χ4v) is 6.82.